The van der Waals surface area contributed by atoms with Gasteiger partial charge in [0.2, 0.25) is 0 Å². The number of unbranched alkanes of at least 4 members (excludes halogenated alkanes) is 2. The first-order chi connectivity index (χ1) is 8.86. The van der Waals surface area contributed by atoms with E-state index in [4.69, 9.17) is 9.84 Å². The molecule has 18 heavy (non-hydrogen) atoms. The molecule has 1 aromatic rings. The van der Waals surface area contributed by atoms with Crippen molar-refractivity contribution in [2.45, 2.75) is 39.2 Å². The second kappa shape index (κ2) is 9.92. The van der Waals surface area contributed by atoms with Crippen molar-refractivity contribution in [1.82, 2.24) is 5.32 Å². The summed E-state index contributed by atoms with van der Waals surface area (Å²) in [4.78, 5) is 0. The van der Waals surface area contributed by atoms with Crippen LogP contribution in [0.2, 0.25) is 0 Å². The summed E-state index contributed by atoms with van der Waals surface area (Å²) in [6, 6.07) is 8.25. The van der Waals surface area contributed by atoms with E-state index in [0.717, 1.165) is 51.1 Å². The maximum Gasteiger partial charge on any atom is 0.119 e. The molecule has 1 aromatic carbocycles. The largest absolute Gasteiger partial charge is 0.494 e. The Morgan fingerprint density at radius 3 is 2.56 bits per heavy atom. The fraction of sp³-hybridized carbons (Fsp3) is 0.600. The Bertz CT molecular complexity index is 298. The van der Waals surface area contributed by atoms with Crippen molar-refractivity contribution < 1.29 is 9.84 Å². The lowest BCUT2D eigenvalue weighted by Gasteiger charge is -2.07. The van der Waals surface area contributed by atoms with E-state index in [9.17, 15) is 0 Å². The molecule has 3 heteroatoms. The molecule has 0 spiro atoms. The van der Waals surface area contributed by atoms with Crippen LogP contribution in [0.1, 0.15) is 38.2 Å². The lowest BCUT2D eigenvalue weighted by atomic mass is 10.2. The molecular formula is C15H25NO2. The summed E-state index contributed by atoms with van der Waals surface area (Å²) in [5.74, 6) is 0.929. The van der Waals surface area contributed by atoms with E-state index in [1.165, 1.54) is 5.56 Å². The normalized spacial score (nSPS) is 10.6. The quantitative estimate of drug-likeness (QED) is 0.628. The van der Waals surface area contributed by atoms with Gasteiger partial charge in [-0.05, 0) is 49.9 Å². The van der Waals surface area contributed by atoms with Gasteiger partial charge in [0.1, 0.15) is 5.75 Å². The Hall–Kier alpha value is -1.06. The highest BCUT2D eigenvalue weighted by Crippen LogP contribution is 2.12. The molecule has 102 valence electrons. The number of aliphatic hydroxyl groups is 1. The van der Waals surface area contributed by atoms with Crippen LogP contribution >= 0.6 is 0 Å². The van der Waals surface area contributed by atoms with Gasteiger partial charge >= 0.3 is 0 Å². The van der Waals surface area contributed by atoms with Crippen molar-refractivity contribution in [3.63, 3.8) is 0 Å². The zero-order valence-electron chi connectivity index (χ0n) is 11.3. The highest BCUT2D eigenvalue weighted by atomic mass is 16.5. The maximum atomic E-state index is 8.66. The second-order valence-electron chi connectivity index (χ2n) is 4.45. The molecule has 0 aliphatic heterocycles. The molecule has 3 nitrogen and oxygen atoms in total. The van der Waals surface area contributed by atoms with Gasteiger partial charge in [-0.1, -0.05) is 19.1 Å². The van der Waals surface area contributed by atoms with Gasteiger partial charge in [-0.15, -0.1) is 0 Å². The molecule has 0 amide bonds. The minimum atomic E-state index is 0.277. The van der Waals surface area contributed by atoms with Crippen molar-refractivity contribution in [3.05, 3.63) is 29.8 Å². The lowest BCUT2D eigenvalue weighted by molar-refractivity contribution is 0.266. The summed E-state index contributed by atoms with van der Waals surface area (Å²) in [7, 11) is 0. The molecule has 0 unspecified atom stereocenters. The summed E-state index contributed by atoms with van der Waals surface area (Å²) < 4.78 is 5.63. The lowest BCUT2D eigenvalue weighted by Crippen LogP contribution is -2.13. The van der Waals surface area contributed by atoms with Crippen molar-refractivity contribution in [2.75, 3.05) is 19.8 Å². The third-order valence-corrected chi connectivity index (χ3v) is 2.75. The molecule has 1 rings (SSSR count). The van der Waals surface area contributed by atoms with Crippen LogP contribution < -0.4 is 10.1 Å². The summed E-state index contributed by atoms with van der Waals surface area (Å²) in [5, 5.41) is 12.0. The highest BCUT2D eigenvalue weighted by Gasteiger charge is 1.96. The van der Waals surface area contributed by atoms with E-state index in [1.807, 2.05) is 12.1 Å². The van der Waals surface area contributed by atoms with Crippen molar-refractivity contribution in [3.8, 4) is 5.75 Å². The van der Waals surface area contributed by atoms with Gasteiger partial charge in [0, 0.05) is 13.2 Å². The van der Waals surface area contributed by atoms with Gasteiger partial charge in [-0.3, -0.25) is 0 Å². The number of rotatable bonds is 10. The summed E-state index contributed by atoms with van der Waals surface area (Å²) in [6.45, 7) is 5.15. The number of aliphatic hydroxyl groups excluding tert-OH is 1. The van der Waals surface area contributed by atoms with Crippen LogP contribution in [-0.2, 0) is 6.54 Å². The zero-order chi connectivity index (χ0) is 13.1. The molecule has 0 radical (unpaired) electrons. The Morgan fingerprint density at radius 2 is 1.89 bits per heavy atom. The first-order valence-corrected chi connectivity index (χ1v) is 6.90. The Kier molecular flexibility index (Phi) is 8.26. The smallest absolute Gasteiger partial charge is 0.119 e. The molecule has 0 bridgehead atoms. The number of hydrogen-bond donors (Lipinski definition) is 2. The van der Waals surface area contributed by atoms with Gasteiger partial charge in [0.05, 0.1) is 6.61 Å². The molecule has 0 saturated carbocycles. The average molecular weight is 251 g/mol. The predicted molar refractivity (Wildman–Crippen MR) is 74.9 cm³/mol. The van der Waals surface area contributed by atoms with Gasteiger partial charge in [0.15, 0.2) is 0 Å². The minimum absolute atomic E-state index is 0.277. The maximum absolute atomic E-state index is 8.66. The number of nitrogens with one attached hydrogen (secondary N) is 1. The molecule has 0 atom stereocenters. The molecular weight excluding hydrogens is 226 g/mol. The predicted octanol–water partition coefficient (Wildman–Crippen LogP) is 2.73. The second-order valence-corrected chi connectivity index (χ2v) is 4.45. The van der Waals surface area contributed by atoms with E-state index < -0.39 is 0 Å². The van der Waals surface area contributed by atoms with Gasteiger partial charge in [0.25, 0.3) is 0 Å². The Morgan fingerprint density at radius 1 is 1.11 bits per heavy atom. The molecule has 0 aromatic heterocycles. The Labute approximate surface area is 110 Å². The molecule has 2 N–H and O–H groups in total. The number of hydrogen-bond acceptors (Lipinski definition) is 3. The van der Waals surface area contributed by atoms with E-state index in [-0.39, 0.29) is 6.61 Å². The van der Waals surface area contributed by atoms with E-state index >= 15 is 0 Å². The minimum Gasteiger partial charge on any atom is -0.494 e. The number of ether oxygens (including phenoxy) is 1. The standard InChI is InChI=1S/C15H25NO2/c1-2-10-16-13-14-6-8-15(9-7-14)18-12-5-3-4-11-17/h6-9,16-17H,2-5,10-13H2,1H3. The third kappa shape index (κ3) is 6.62. The van der Waals surface area contributed by atoms with Crippen LogP contribution in [0, 0.1) is 0 Å². The van der Waals surface area contributed by atoms with E-state index in [1.54, 1.807) is 0 Å². The Balaban J connectivity index is 2.19. The molecule has 0 fully saturated rings. The summed E-state index contributed by atoms with van der Waals surface area (Å²) >= 11 is 0. The zero-order valence-corrected chi connectivity index (χ0v) is 11.3. The molecule has 0 aliphatic carbocycles. The average Bonchev–Trinajstić information content (AvgIpc) is 2.40. The number of benzene rings is 1. The van der Waals surface area contributed by atoms with Crippen molar-refractivity contribution in [2.24, 2.45) is 0 Å². The van der Waals surface area contributed by atoms with Crippen LogP contribution in [0.5, 0.6) is 5.75 Å². The third-order valence-electron chi connectivity index (χ3n) is 2.75. The van der Waals surface area contributed by atoms with Crippen LogP contribution in [0.25, 0.3) is 0 Å². The van der Waals surface area contributed by atoms with Crippen LogP contribution in [0.15, 0.2) is 24.3 Å². The fourth-order valence-corrected chi connectivity index (χ4v) is 1.69. The van der Waals surface area contributed by atoms with E-state index in [2.05, 4.69) is 24.4 Å². The first-order valence-electron chi connectivity index (χ1n) is 6.90. The van der Waals surface area contributed by atoms with Crippen LogP contribution in [0.4, 0.5) is 0 Å². The first kappa shape index (κ1) is 15.0. The van der Waals surface area contributed by atoms with Crippen molar-refractivity contribution >= 4 is 0 Å². The summed E-state index contributed by atoms with van der Waals surface area (Å²) in [5.41, 5.74) is 1.29. The highest BCUT2D eigenvalue weighted by molar-refractivity contribution is 5.27. The van der Waals surface area contributed by atoms with Crippen molar-refractivity contribution in [1.29, 1.82) is 0 Å². The fourth-order valence-electron chi connectivity index (χ4n) is 1.69. The SMILES string of the molecule is CCCNCc1ccc(OCCCCCO)cc1. The van der Waals surface area contributed by atoms with Gasteiger partial charge in [-0.2, -0.15) is 0 Å². The summed E-state index contributed by atoms with van der Waals surface area (Å²) in [6.07, 6.45) is 4.05. The topological polar surface area (TPSA) is 41.5 Å². The van der Waals surface area contributed by atoms with Crippen LogP contribution in [-0.4, -0.2) is 24.9 Å². The monoisotopic (exact) mass is 251 g/mol. The molecule has 0 heterocycles. The molecule has 0 saturated heterocycles. The molecule has 0 aliphatic rings. The van der Waals surface area contributed by atoms with E-state index in [0.29, 0.717) is 0 Å². The van der Waals surface area contributed by atoms with Gasteiger partial charge < -0.3 is 15.2 Å². The van der Waals surface area contributed by atoms with Gasteiger partial charge in [-0.25, -0.2) is 0 Å². The van der Waals surface area contributed by atoms with Crippen LogP contribution in [0.3, 0.4) is 0 Å².